The Morgan fingerprint density at radius 2 is 0.962 bits per heavy atom. The SMILES string of the molecule is CC(F)(SOO[O-])C(=O)OCC12CC3CC(O)(CC(O)(C3)C1)C2.O=C(OCC12CC3CC(O)(CC(O)(C3)C1)C2)C(SOO[O-])(C(F)(F)F)C(F)(F)F. The van der Waals surface area contributed by atoms with Crippen molar-refractivity contribution in [1.29, 1.82) is 0 Å². The second-order valence-corrected chi connectivity index (χ2v) is 18.1. The normalized spacial score (nSPS) is 40.2. The molecular weight excluding hydrogens is 769 g/mol. The number of halogens is 7. The van der Waals surface area contributed by atoms with Crippen LogP contribution in [0.1, 0.15) is 84.0 Å². The van der Waals surface area contributed by atoms with E-state index in [9.17, 15) is 71.3 Å². The third kappa shape index (κ3) is 8.15. The molecule has 0 saturated heterocycles. The highest BCUT2D eigenvalue weighted by Gasteiger charge is 2.79. The van der Waals surface area contributed by atoms with E-state index in [0.717, 1.165) is 13.3 Å². The van der Waals surface area contributed by atoms with Crippen molar-refractivity contribution in [3.05, 3.63) is 0 Å². The lowest BCUT2D eigenvalue weighted by atomic mass is 9.46. The highest BCUT2D eigenvalue weighted by Crippen LogP contribution is 2.65. The van der Waals surface area contributed by atoms with Gasteiger partial charge in [-0.15, -0.1) is 0 Å². The van der Waals surface area contributed by atoms with E-state index in [4.69, 9.17) is 4.74 Å². The molecule has 14 nitrogen and oxygen atoms in total. The van der Waals surface area contributed by atoms with Crippen LogP contribution in [0.5, 0.6) is 0 Å². The maximum Gasteiger partial charge on any atom is 0.425 e. The summed E-state index contributed by atoms with van der Waals surface area (Å²) in [5.41, 5.74) is -6.20. The summed E-state index contributed by atoms with van der Waals surface area (Å²) in [6.45, 7) is -0.0370. The van der Waals surface area contributed by atoms with Gasteiger partial charge in [0.15, 0.2) is 0 Å². The van der Waals surface area contributed by atoms with Crippen molar-refractivity contribution in [2.75, 3.05) is 13.2 Å². The van der Waals surface area contributed by atoms with Gasteiger partial charge in [-0.05, 0) is 83.0 Å². The second-order valence-electron chi connectivity index (χ2n) is 16.1. The van der Waals surface area contributed by atoms with Gasteiger partial charge in [0, 0.05) is 23.7 Å². The average Bonchev–Trinajstić information content (AvgIpc) is 2.93. The Labute approximate surface area is 299 Å². The van der Waals surface area contributed by atoms with Crippen LogP contribution in [0.25, 0.3) is 0 Å². The zero-order valence-electron chi connectivity index (χ0n) is 27.4. The molecule has 5 unspecified atom stereocenters. The lowest BCUT2D eigenvalue weighted by molar-refractivity contribution is -0.777. The van der Waals surface area contributed by atoms with Gasteiger partial charge in [0.05, 0.1) is 59.7 Å². The molecule has 300 valence electrons. The van der Waals surface area contributed by atoms with Gasteiger partial charge in [-0.2, -0.15) is 35.0 Å². The van der Waals surface area contributed by atoms with E-state index in [1.807, 2.05) is 0 Å². The predicted octanol–water partition coefficient (Wildman–Crippen LogP) is 2.24. The standard InChI is InChI=1S/C15H18F6O7S.C14H21FO7S/c16-14(17,18)13(15(19,20)21,29-28-27-25)9(22)26-7-10-1-8-2-11(23,4-10)6-12(24,3-8)5-10;1-11(15,23-22-21-19)10(16)20-8-12-2-9-3-13(17,5-12)7-14(18,4-9)6-12/h8,23-25H,1-7H2;9,17-19H,2-8H2,1H3/p-2. The Morgan fingerprint density at radius 3 is 1.29 bits per heavy atom. The lowest BCUT2D eigenvalue weighted by Gasteiger charge is -2.63. The summed E-state index contributed by atoms with van der Waals surface area (Å²) >= 11 is -1.62. The minimum Gasteiger partial charge on any atom is -0.691 e. The average molecular weight is 807 g/mol. The van der Waals surface area contributed by atoms with Crippen LogP contribution in [-0.2, 0) is 37.8 Å². The highest BCUT2D eigenvalue weighted by atomic mass is 32.2. The van der Waals surface area contributed by atoms with Crippen LogP contribution >= 0.6 is 24.1 Å². The first-order valence-corrected chi connectivity index (χ1v) is 17.5. The lowest BCUT2D eigenvalue weighted by Crippen LogP contribution is -2.65. The number of rotatable bonds is 12. The summed E-state index contributed by atoms with van der Waals surface area (Å²) in [6.07, 6.45) is -8.23. The maximum atomic E-state index is 14.0. The molecule has 5 atom stereocenters. The van der Waals surface area contributed by atoms with Gasteiger partial charge in [0.25, 0.3) is 5.00 Å². The first-order valence-electron chi connectivity index (χ1n) is 16.0. The maximum absolute atomic E-state index is 14.0. The number of carbonyl (C=O) groups excluding carboxylic acids is 2. The second kappa shape index (κ2) is 13.7. The van der Waals surface area contributed by atoms with E-state index >= 15 is 0 Å². The third-order valence-corrected chi connectivity index (χ3v) is 12.7. The van der Waals surface area contributed by atoms with Crippen LogP contribution < -0.4 is 10.5 Å². The van der Waals surface area contributed by atoms with Gasteiger partial charge in [-0.3, -0.25) is 10.1 Å². The van der Waals surface area contributed by atoms with E-state index in [1.165, 1.54) is 0 Å². The molecule has 0 aromatic carbocycles. The van der Waals surface area contributed by atoms with Crippen molar-refractivity contribution in [2.45, 2.75) is 128 Å². The van der Waals surface area contributed by atoms with E-state index in [-0.39, 0.29) is 56.2 Å². The summed E-state index contributed by atoms with van der Waals surface area (Å²) in [5.74, 6) is -3.92. The molecule has 8 bridgehead atoms. The molecule has 8 saturated carbocycles. The fraction of sp³-hybridized carbons (Fsp3) is 0.931. The summed E-state index contributed by atoms with van der Waals surface area (Å²) in [7, 11) is 0. The van der Waals surface area contributed by atoms with Crippen LogP contribution in [-0.4, -0.2) is 90.1 Å². The first kappa shape index (κ1) is 41.9. The minimum absolute atomic E-state index is 0.0234. The van der Waals surface area contributed by atoms with Crippen LogP contribution in [0.3, 0.4) is 0 Å². The Hall–Kier alpha value is -1.25. The number of aliphatic hydroxyl groups is 4. The van der Waals surface area contributed by atoms with Gasteiger partial charge in [-0.1, -0.05) is 0 Å². The fourth-order valence-corrected chi connectivity index (χ4v) is 11.5. The summed E-state index contributed by atoms with van der Waals surface area (Å²) in [4.78, 5) is 23.9. The number of ether oxygens (including phenoxy) is 2. The highest BCUT2D eigenvalue weighted by molar-refractivity contribution is 7.97. The number of esters is 2. The number of alkyl halides is 7. The molecule has 8 fully saturated rings. The molecule has 23 heteroatoms. The Kier molecular flexibility index (Phi) is 11.1. The molecule has 0 aromatic heterocycles. The topological polar surface area (TPSA) is 217 Å². The number of carbonyl (C=O) groups is 2. The molecule has 0 amide bonds. The van der Waals surface area contributed by atoms with Crippen LogP contribution in [0.15, 0.2) is 0 Å². The molecule has 52 heavy (non-hydrogen) atoms. The molecule has 8 aliphatic rings. The van der Waals surface area contributed by atoms with Crippen molar-refractivity contribution in [3.8, 4) is 0 Å². The number of hydrogen-bond donors (Lipinski definition) is 4. The molecule has 8 rings (SSSR count). The Morgan fingerprint density at radius 1 is 0.615 bits per heavy atom. The Balaban J connectivity index is 0.000000206. The van der Waals surface area contributed by atoms with E-state index < -0.39 is 85.9 Å². The van der Waals surface area contributed by atoms with Gasteiger partial charge >= 0.3 is 29.0 Å². The summed E-state index contributed by atoms with van der Waals surface area (Å²) in [6, 6.07) is 0. The van der Waals surface area contributed by atoms with Crippen LogP contribution in [0, 0.1) is 22.7 Å². The minimum atomic E-state index is -6.23. The van der Waals surface area contributed by atoms with Crippen molar-refractivity contribution in [2.24, 2.45) is 22.7 Å². The summed E-state index contributed by atoms with van der Waals surface area (Å²) in [5, 5.41) is 65.0. The van der Waals surface area contributed by atoms with E-state index in [2.05, 4.69) is 23.5 Å². The molecule has 0 heterocycles. The molecule has 8 aliphatic carbocycles. The van der Waals surface area contributed by atoms with E-state index in [1.54, 1.807) is 0 Å². The van der Waals surface area contributed by atoms with Gasteiger partial charge in [0.1, 0.15) is 0 Å². The number of hydrogen-bond acceptors (Lipinski definition) is 16. The zero-order valence-corrected chi connectivity index (χ0v) is 29.0. The van der Waals surface area contributed by atoms with Crippen LogP contribution in [0.4, 0.5) is 30.7 Å². The smallest absolute Gasteiger partial charge is 0.425 e. The fourth-order valence-electron chi connectivity index (χ4n) is 10.8. The van der Waals surface area contributed by atoms with Crippen molar-refractivity contribution in [3.63, 3.8) is 0 Å². The van der Waals surface area contributed by atoms with E-state index in [0.29, 0.717) is 44.9 Å². The molecule has 4 N–H and O–H groups in total. The van der Waals surface area contributed by atoms with Gasteiger partial charge < -0.3 is 40.4 Å². The molecular formula is C29H37F7O14S2-2. The molecule has 0 aromatic rings. The van der Waals surface area contributed by atoms with Crippen LogP contribution in [0.2, 0.25) is 0 Å². The van der Waals surface area contributed by atoms with Gasteiger partial charge in [-0.25, -0.2) is 14.0 Å². The first-order chi connectivity index (χ1) is 23.7. The van der Waals surface area contributed by atoms with Crippen molar-refractivity contribution < 1.29 is 99.5 Å². The molecule has 0 aliphatic heterocycles. The van der Waals surface area contributed by atoms with Crippen molar-refractivity contribution >= 4 is 36.0 Å². The monoisotopic (exact) mass is 806 g/mol. The van der Waals surface area contributed by atoms with Gasteiger partial charge in [0.2, 0.25) is 0 Å². The summed E-state index contributed by atoms with van der Waals surface area (Å²) < 4.78 is 105. The van der Waals surface area contributed by atoms with Crippen molar-refractivity contribution in [1.82, 2.24) is 0 Å². The molecule has 0 radical (unpaired) electrons. The third-order valence-electron chi connectivity index (χ3n) is 11.1. The quantitative estimate of drug-likeness (QED) is 0.0731. The Bertz CT molecular complexity index is 1320. The molecule has 0 spiro atoms. The zero-order chi connectivity index (χ0) is 38.9. The largest absolute Gasteiger partial charge is 0.691 e. The predicted molar refractivity (Wildman–Crippen MR) is 153 cm³/mol.